The average Bonchev–Trinajstić information content (AvgIpc) is 3.72. The van der Waals surface area contributed by atoms with Gasteiger partial charge in [-0.25, -0.2) is 9.48 Å². The van der Waals surface area contributed by atoms with Crippen LogP contribution in [0, 0.1) is 12.8 Å². The van der Waals surface area contributed by atoms with Gasteiger partial charge in [0.15, 0.2) is 5.78 Å². The maximum Gasteiger partial charge on any atom is 0.324 e. The van der Waals surface area contributed by atoms with Crippen LogP contribution in [0.25, 0.3) is 16.3 Å². The summed E-state index contributed by atoms with van der Waals surface area (Å²) in [5, 5.41) is 10.9. The molecule has 0 spiro atoms. The molecule has 6 rings (SSSR count). The fraction of sp³-hybridized carbons (Fsp3) is 0.316. The first kappa shape index (κ1) is 32.3. The minimum Gasteiger partial charge on any atom is -0.308 e. The molecule has 1 saturated heterocycles. The van der Waals surface area contributed by atoms with Gasteiger partial charge < -0.3 is 5.32 Å². The zero-order valence-electron chi connectivity index (χ0n) is 27.5. The van der Waals surface area contributed by atoms with E-state index in [1.807, 2.05) is 79.7 Å². The minimum absolute atomic E-state index is 0.169. The lowest BCUT2D eigenvalue weighted by atomic mass is 9.90. The first-order valence-electron chi connectivity index (χ1n) is 16.2. The molecule has 3 aromatic heterocycles. The van der Waals surface area contributed by atoms with E-state index >= 15 is 0 Å². The molecule has 242 valence electrons. The highest BCUT2D eigenvalue weighted by Crippen LogP contribution is 2.29. The number of anilines is 2. The largest absolute Gasteiger partial charge is 0.324 e. The highest BCUT2D eigenvalue weighted by molar-refractivity contribution is 7.17. The third kappa shape index (κ3) is 8.22. The fourth-order valence-corrected chi connectivity index (χ4v) is 6.78. The summed E-state index contributed by atoms with van der Waals surface area (Å²) in [6.45, 7) is 10.6. The van der Waals surface area contributed by atoms with Gasteiger partial charge in [0.25, 0.3) is 0 Å². The van der Waals surface area contributed by atoms with Gasteiger partial charge in [-0.2, -0.15) is 5.10 Å². The molecule has 5 aromatic rings. The van der Waals surface area contributed by atoms with Crippen LogP contribution < -0.4 is 10.6 Å². The smallest absolute Gasteiger partial charge is 0.308 e. The van der Waals surface area contributed by atoms with Crippen molar-refractivity contribution in [2.45, 2.75) is 52.4 Å². The van der Waals surface area contributed by atoms with Gasteiger partial charge in [0.05, 0.1) is 33.4 Å². The summed E-state index contributed by atoms with van der Waals surface area (Å²) >= 11 is 1.52. The number of urea groups is 1. The number of Topliss-reactive ketones (excluding diaryl/α,β-unsaturated/α-hetero) is 1. The van der Waals surface area contributed by atoms with E-state index in [2.05, 4.69) is 53.4 Å². The maximum absolute atomic E-state index is 13.2. The van der Waals surface area contributed by atoms with Gasteiger partial charge in [-0.05, 0) is 99.3 Å². The molecular weight excluding hydrogens is 605 g/mol. The molecule has 2 N–H and O–H groups in total. The number of benzene rings is 2. The van der Waals surface area contributed by atoms with E-state index < -0.39 is 0 Å². The van der Waals surface area contributed by atoms with E-state index in [0.717, 1.165) is 70.4 Å². The van der Waals surface area contributed by atoms with E-state index in [4.69, 9.17) is 5.10 Å². The van der Waals surface area contributed by atoms with Crippen LogP contribution >= 0.6 is 11.3 Å². The molecule has 0 unspecified atom stereocenters. The second kappa shape index (κ2) is 14.0. The fourth-order valence-electron chi connectivity index (χ4n) is 5.87. The van der Waals surface area contributed by atoms with Crippen LogP contribution in [0.1, 0.15) is 60.1 Å². The number of amides is 2. The van der Waals surface area contributed by atoms with Crippen molar-refractivity contribution in [2.75, 3.05) is 30.3 Å². The molecule has 47 heavy (non-hydrogen) atoms. The van der Waals surface area contributed by atoms with Crippen molar-refractivity contribution in [3.8, 4) is 16.3 Å². The standard InChI is InChI=1S/C38H42N6O2S/c1-26-11-13-30(14-12-26)44-36(24-35(42-44)38(2,3)4)41-37(46)40-29-9-7-8-28(23-29)22-27-17-20-43(21-18-27)25-32(45)34-16-15-33(47-34)31-10-5-6-19-39-31/h5-16,19,23-24,27H,17-18,20-22,25H2,1-4H3,(H2,40,41,46). The summed E-state index contributed by atoms with van der Waals surface area (Å²) in [5.74, 6) is 1.32. The number of nitrogens with one attached hydrogen (secondary N) is 2. The lowest BCUT2D eigenvalue weighted by Gasteiger charge is -2.31. The molecular formula is C38H42N6O2S. The van der Waals surface area contributed by atoms with Gasteiger partial charge in [0.1, 0.15) is 5.82 Å². The summed E-state index contributed by atoms with van der Waals surface area (Å²) in [6, 6.07) is 27.5. The van der Waals surface area contributed by atoms with Crippen molar-refractivity contribution in [2.24, 2.45) is 5.92 Å². The second-order valence-electron chi connectivity index (χ2n) is 13.4. The summed E-state index contributed by atoms with van der Waals surface area (Å²) in [6.07, 6.45) is 4.78. The molecule has 1 fully saturated rings. The third-order valence-corrected chi connectivity index (χ3v) is 9.73. The number of carbonyl (C=O) groups excluding carboxylic acids is 2. The van der Waals surface area contributed by atoms with Gasteiger partial charge in [0, 0.05) is 23.4 Å². The Morgan fingerprint density at radius 3 is 2.43 bits per heavy atom. The zero-order chi connectivity index (χ0) is 33.0. The predicted octanol–water partition coefficient (Wildman–Crippen LogP) is 8.38. The molecule has 2 aromatic carbocycles. The Bertz CT molecular complexity index is 1830. The Kier molecular flexibility index (Phi) is 9.66. The lowest BCUT2D eigenvalue weighted by Crippen LogP contribution is -2.37. The summed E-state index contributed by atoms with van der Waals surface area (Å²) in [7, 11) is 0. The molecule has 0 saturated carbocycles. The van der Waals surface area contributed by atoms with Crippen LogP contribution in [-0.4, -0.2) is 51.1 Å². The van der Waals surface area contributed by atoms with E-state index in [-0.39, 0.29) is 17.2 Å². The van der Waals surface area contributed by atoms with Crippen LogP contribution in [0.3, 0.4) is 0 Å². The van der Waals surface area contributed by atoms with Gasteiger partial charge in [-0.15, -0.1) is 11.3 Å². The number of pyridine rings is 1. The molecule has 0 atom stereocenters. The Hall–Kier alpha value is -4.60. The van der Waals surface area contributed by atoms with E-state index in [1.165, 1.54) is 16.9 Å². The van der Waals surface area contributed by atoms with E-state index in [9.17, 15) is 9.59 Å². The predicted molar refractivity (Wildman–Crippen MR) is 191 cm³/mol. The number of ketones is 1. The number of nitrogens with zero attached hydrogens (tertiary/aromatic N) is 4. The maximum atomic E-state index is 13.2. The molecule has 8 nitrogen and oxygen atoms in total. The molecule has 0 bridgehead atoms. The van der Waals surface area contributed by atoms with Crippen LogP contribution in [0.4, 0.5) is 16.3 Å². The van der Waals surface area contributed by atoms with Gasteiger partial charge in [0.2, 0.25) is 0 Å². The van der Waals surface area contributed by atoms with Crippen LogP contribution in [0.2, 0.25) is 0 Å². The normalized spacial score (nSPS) is 14.2. The molecule has 1 aliphatic rings. The summed E-state index contributed by atoms with van der Waals surface area (Å²) < 4.78 is 1.79. The van der Waals surface area contributed by atoms with Gasteiger partial charge >= 0.3 is 6.03 Å². The Morgan fingerprint density at radius 2 is 1.70 bits per heavy atom. The van der Waals surface area contributed by atoms with Crippen LogP contribution in [0.5, 0.6) is 0 Å². The first-order valence-corrected chi connectivity index (χ1v) is 17.0. The lowest BCUT2D eigenvalue weighted by molar-refractivity contribution is 0.0899. The van der Waals surface area contributed by atoms with E-state index in [1.54, 1.807) is 10.9 Å². The summed E-state index contributed by atoms with van der Waals surface area (Å²) in [4.78, 5) is 34.7. The van der Waals surface area contributed by atoms with Gasteiger partial charge in [-0.1, -0.05) is 56.7 Å². The van der Waals surface area contributed by atoms with Crippen molar-refractivity contribution in [1.29, 1.82) is 0 Å². The Morgan fingerprint density at radius 1 is 0.915 bits per heavy atom. The monoisotopic (exact) mass is 646 g/mol. The number of aromatic nitrogens is 3. The highest BCUT2D eigenvalue weighted by Gasteiger charge is 2.24. The average molecular weight is 647 g/mol. The SMILES string of the molecule is Cc1ccc(-n2nc(C(C)(C)C)cc2NC(=O)Nc2cccc(CC3CCN(CC(=O)c4ccc(-c5ccccn5)s4)CC3)c2)cc1. The molecule has 0 aliphatic carbocycles. The quantitative estimate of drug-likeness (QED) is 0.157. The number of piperidine rings is 1. The van der Waals surface area contributed by atoms with E-state index in [0.29, 0.717) is 18.3 Å². The van der Waals surface area contributed by atoms with Gasteiger partial charge in [-0.3, -0.25) is 20.0 Å². The summed E-state index contributed by atoms with van der Waals surface area (Å²) in [5.41, 5.74) is 5.62. The van der Waals surface area contributed by atoms with Crippen LogP contribution in [0.15, 0.2) is 91.1 Å². The number of thiophene rings is 1. The third-order valence-electron chi connectivity index (χ3n) is 8.58. The molecule has 9 heteroatoms. The number of aryl methyl sites for hydroxylation is 1. The van der Waals surface area contributed by atoms with Crippen molar-refractivity contribution in [3.63, 3.8) is 0 Å². The molecule has 4 heterocycles. The first-order chi connectivity index (χ1) is 22.6. The zero-order valence-corrected chi connectivity index (χ0v) is 28.3. The molecule has 1 aliphatic heterocycles. The Balaban J connectivity index is 1.02. The van der Waals surface area contributed by atoms with Crippen molar-refractivity contribution in [1.82, 2.24) is 19.7 Å². The number of likely N-dealkylation sites (tertiary alicyclic amines) is 1. The number of hydrogen-bond acceptors (Lipinski definition) is 6. The highest BCUT2D eigenvalue weighted by atomic mass is 32.1. The van der Waals surface area contributed by atoms with Crippen molar-refractivity contribution < 1.29 is 9.59 Å². The Labute approximate surface area is 280 Å². The number of carbonyl (C=O) groups is 2. The van der Waals surface area contributed by atoms with Crippen molar-refractivity contribution >= 4 is 34.7 Å². The number of hydrogen-bond donors (Lipinski definition) is 2. The number of rotatable bonds is 9. The topological polar surface area (TPSA) is 92.2 Å². The second-order valence-corrected chi connectivity index (χ2v) is 14.5. The molecule has 0 radical (unpaired) electrons. The van der Waals surface area contributed by atoms with Crippen molar-refractivity contribution in [3.05, 3.63) is 113 Å². The molecule has 2 amide bonds. The van der Waals surface area contributed by atoms with Crippen LogP contribution in [-0.2, 0) is 11.8 Å². The minimum atomic E-state index is -0.313.